The first-order valence-corrected chi connectivity index (χ1v) is 5.80. The predicted molar refractivity (Wildman–Crippen MR) is 65.5 cm³/mol. The van der Waals surface area contributed by atoms with E-state index in [1.165, 1.54) is 0 Å². The maximum Gasteiger partial charge on any atom is 0.228 e. The van der Waals surface area contributed by atoms with Crippen LogP contribution in [0.4, 0.5) is 0 Å². The third kappa shape index (κ3) is 3.51. The number of methoxy groups -OCH3 is 1. The van der Waals surface area contributed by atoms with Gasteiger partial charge in [-0.2, -0.15) is 4.98 Å². The van der Waals surface area contributed by atoms with Crippen LogP contribution in [0.25, 0.3) is 0 Å². The molecule has 0 aliphatic carbocycles. The lowest BCUT2D eigenvalue weighted by Gasteiger charge is -2.25. The van der Waals surface area contributed by atoms with Crippen molar-refractivity contribution in [2.75, 3.05) is 7.11 Å². The highest BCUT2D eigenvalue weighted by atomic mass is 16.5. The van der Waals surface area contributed by atoms with Crippen molar-refractivity contribution in [1.29, 1.82) is 0 Å². The highest BCUT2D eigenvalue weighted by Gasteiger charge is 2.28. The third-order valence-electron chi connectivity index (χ3n) is 3.02. The Morgan fingerprint density at radius 2 is 1.88 bits per heavy atom. The van der Waals surface area contributed by atoms with Crippen LogP contribution in [0.2, 0.25) is 0 Å². The van der Waals surface area contributed by atoms with Gasteiger partial charge in [-0.25, -0.2) is 0 Å². The summed E-state index contributed by atoms with van der Waals surface area (Å²) >= 11 is 0. The fraction of sp³-hybridized carbons (Fsp3) is 0.833. The number of aromatic nitrogens is 2. The molecule has 0 amide bonds. The summed E-state index contributed by atoms with van der Waals surface area (Å²) in [4.78, 5) is 4.32. The molecule has 17 heavy (non-hydrogen) atoms. The maximum absolute atomic E-state index is 6.07. The fourth-order valence-electron chi connectivity index (χ4n) is 1.17. The summed E-state index contributed by atoms with van der Waals surface area (Å²) in [6.07, 6.45) is 0.580. The molecule has 0 radical (unpaired) electrons. The van der Waals surface area contributed by atoms with E-state index < -0.39 is 5.60 Å². The van der Waals surface area contributed by atoms with Crippen LogP contribution >= 0.6 is 0 Å². The minimum atomic E-state index is -0.534. The van der Waals surface area contributed by atoms with Crippen molar-refractivity contribution in [3.63, 3.8) is 0 Å². The van der Waals surface area contributed by atoms with E-state index >= 15 is 0 Å². The summed E-state index contributed by atoms with van der Waals surface area (Å²) in [6, 6.07) is -0.0125. The van der Waals surface area contributed by atoms with Gasteiger partial charge in [0.1, 0.15) is 5.60 Å². The Balaban J connectivity index is 2.76. The van der Waals surface area contributed by atoms with E-state index in [4.69, 9.17) is 15.0 Å². The first-order chi connectivity index (χ1) is 7.66. The molecule has 0 aliphatic rings. The minimum absolute atomic E-state index is 0.0125. The van der Waals surface area contributed by atoms with Gasteiger partial charge in [0, 0.05) is 19.6 Å². The summed E-state index contributed by atoms with van der Waals surface area (Å²) in [5.74, 6) is 1.11. The minimum Gasteiger partial charge on any atom is -0.371 e. The molecule has 0 saturated carbocycles. The Morgan fingerprint density at radius 1 is 1.29 bits per heavy atom. The second-order valence-corrected chi connectivity index (χ2v) is 5.90. The average molecular weight is 241 g/mol. The molecule has 1 atom stereocenters. The molecule has 98 valence electrons. The molecule has 5 nitrogen and oxygen atoms in total. The number of ether oxygens (including phenoxy) is 1. The van der Waals surface area contributed by atoms with Crippen molar-refractivity contribution in [2.45, 2.75) is 52.7 Å². The number of rotatable bonds is 4. The molecule has 0 saturated heterocycles. The van der Waals surface area contributed by atoms with Crippen LogP contribution in [0, 0.1) is 5.41 Å². The lowest BCUT2D eigenvalue weighted by molar-refractivity contribution is 0.00973. The molecule has 1 heterocycles. The van der Waals surface area contributed by atoms with Crippen molar-refractivity contribution >= 4 is 0 Å². The molecular formula is C12H23N3O2. The Labute approximate surface area is 103 Å². The zero-order valence-electron chi connectivity index (χ0n) is 11.6. The molecule has 5 heteroatoms. The van der Waals surface area contributed by atoms with Crippen LogP contribution in [0.5, 0.6) is 0 Å². The van der Waals surface area contributed by atoms with Crippen LogP contribution in [0.3, 0.4) is 0 Å². The molecule has 1 rings (SSSR count). The molecule has 1 aromatic rings. The zero-order chi connectivity index (χ0) is 13.3. The predicted octanol–water partition coefficient (Wildman–Crippen LogP) is 1.87. The van der Waals surface area contributed by atoms with E-state index in [9.17, 15) is 0 Å². The molecule has 0 aromatic carbocycles. The van der Waals surface area contributed by atoms with Gasteiger partial charge in [-0.15, -0.1) is 0 Å². The van der Waals surface area contributed by atoms with E-state index in [2.05, 4.69) is 30.9 Å². The second-order valence-electron chi connectivity index (χ2n) is 5.90. The summed E-state index contributed by atoms with van der Waals surface area (Å²) in [5.41, 5.74) is 5.56. The normalized spacial score (nSPS) is 15.0. The van der Waals surface area contributed by atoms with Gasteiger partial charge in [-0.05, 0) is 19.3 Å². The van der Waals surface area contributed by atoms with E-state index in [1.807, 2.05) is 13.8 Å². The van der Waals surface area contributed by atoms with Gasteiger partial charge in [-0.1, -0.05) is 25.9 Å². The van der Waals surface area contributed by atoms with Crippen LogP contribution in [-0.2, 0) is 16.8 Å². The van der Waals surface area contributed by atoms with Gasteiger partial charge in [0.2, 0.25) is 11.7 Å². The van der Waals surface area contributed by atoms with Crippen molar-refractivity contribution in [3.8, 4) is 0 Å². The van der Waals surface area contributed by atoms with Crippen LogP contribution in [0.15, 0.2) is 4.52 Å². The summed E-state index contributed by atoms with van der Waals surface area (Å²) < 4.78 is 10.5. The Kier molecular flexibility index (Phi) is 3.94. The first-order valence-electron chi connectivity index (χ1n) is 5.80. The van der Waals surface area contributed by atoms with Gasteiger partial charge in [0.25, 0.3) is 0 Å². The number of nitrogens with zero attached hydrogens (tertiary/aromatic N) is 2. The molecule has 1 unspecified atom stereocenters. The summed E-state index contributed by atoms with van der Waals surface area (Å²) in [7, 11) is 1.62. The molecule has 0 fully saturated rings. The standard InChI is InChI=1S/C12H23N3O2/c1-11(2,3)8(13)7-9-14-10(15-17-9)12(4,5)16-6/h8H,7,13H2,1-6H3. The summed E-state index contributed by atoms with van der Waals surface area (Å²) in [6.45, 7) is 10.1. The maximum atomic E-state index is 6.07. The largest absolute Gasteiger partial charge is 0.371 e. The van der Waals surface area contributed by atoms with E-state index in [1.54, 1.807) is 7.11 Å². The molecule has 2 N–H and O–H groups in total. The van der Waals surface area contributed by atoms with E-state index in [-0.39, 0.29) is 11.5 Å². The second kappa shape index (κ2) is 4.74. The monoisotopic (exact) mass is 241 g/mol. The Bertz CT molecular complexity index is 366. The quantitative estimate of drug-likeness (QED) is 0.871. The fourth-order valence-corrected chi connectivity index (χ4v) is 1.17. The van der Waals surface area contributed by atoms with Crippen molar-refractivity contribution in [3.05, 3.63) is 11.7 Å². The van der Waals surface area contributed by atoms with Gasteiger partial charge in [-0.3, -0.25) is 0 Å². The molecule has 1 aromatic heterocycles. The number of hydrogen-bond acceptors (Lipinski definition) is 5. The molecule has 0 aliphatic heterocycles. The lowest BCUT2D eigenvalue weighted by atomic mass is 9.85. The van der Waals surface area contributed by atoms with Gasteiger partial charge >= 0.3 is 0 Å². The third-order valence-corrected chi connectivity index (χ3v) is 3.02. The van der Waals surface area contributed by atoms with Crippen molar-refractivity contribution in [1.82, 2.24) is 10.1 Å². The van der Waals surface area contributed by atoms with Crippen LogP contribution in [0.1, 0.15) is 46.3 Å². The van der Waals surface area contributed by atoms with Gasteiger partial charge in [0.15, 0.2) is 0 Å². The molecular weight excluding hydrogens is 218 g/mol. The number of nitrogens with two attached hydrogens (primary N) is 1. The lowest BCUT2D eigenvalue weighted by Crippen LogP contribution is -2.37. The Hall–Kier alpha value is -0.940. The highest BCUT2D eigenvalue weighted by molar-refractivity contribution is 4.99. The smallest absolute Gasteiger partial charge is 0.228 e. The van der Waals surface area contributed by atoms with Crippen molar-refractivity contribution in [2.24, 2.45) is 11.1 Å². The number of hydrogen-bond donors (Lipinski definition) is 1. The van der Waals surface area contributed by atoms with E-state index in [0.717, 1.165) is 0 Å². The summed E-state index contributed by atoms with van der Waals surface area (Å²) in [5, 5.41) is 3.93. The first kappa shape index (κ1) is 14.1. The SMILES string of the molecule is COC(C)(C)c1noc(CC(N)C(C)(C)C)n1. The Morgan fingerprint density at radius 3 is 2.35 bits per heavy atom. The van der Waals surface area contributed by atoms with Crippen LogP contribution in [-0.4, -0.2) is 23.3 Å². The highest BCUT2D eigenvalue weighted by Crippen LogP contribution is 2.23. The van der Waals surface area contributed by atoms with Crippen LogP contribution < -0.4 is 5.73 Å². The topological polar surface area (TPSA) is 74.2 Å². The van der Waals surface area contributed by atoms with Gasteiger partial charge in [0.05, 0.1) is 0 Å². The average Bonchev–Trinajstić information content (AvgIpc) is 2.65. The zero-order valence-corrected chi connectivity index (χ0v) is 11.6. The van der Waals surface area contributed by atoms with Crippen molar-refractivity contribution < 1.29 is 9.26 Å². The van der Waals surface area contributed by atoms with E-state index in [0.29, 0.717) is 18.1 Å². The molecule has 0 spiro atoms. The van der Waals surface area contributed by atoms with Gasteiger partial charge < -0.3 is 15.0 Å². The molecule has 0 bridgehead atoms.